The van der Waals surface area contributed by atoms with Crippen molar-refractivity contribution in [3.8, 4) is 11.5 Å². The molecule has 2 aliphatic heterocycles. The van der Waals surface area contributed by atoms with Gasteiger partial charge in [-0.05, 0) is 24.3 Å². The summed E-state index contributed by atoms with van der Waals surface area (Å²) in [6.45, 7) is 5.35. The van der Waals surface area contributed by atoms with Gasteiger partial charge in [-0.3, -0.25) is 0 Å². The smallest absolute Gasteiger partial charge is 0.231 e. The first-order chi connectivity index (χ1) is 12.4. The largest absolute Gasteiger partial charge is 0.454 e. The number of nitrogens with one attached hydrogen (secondary N) is 1. The quantitative estimate of drug-likeness (QED) is 0.755. The monoisotopic (exact) mass is 338 g/mol. The van der Waals surface area contributed by atoms with Crippen LogP contribution in [0.15, 0.2) is 42.5 Å². The van der Waals surface area contributed by atoms with Crippen molar-refractivity contribution in [3.05, 3.63) is 42.5 Å². The topological polar surface area (TPSA) is 56.9 Å². The standard InChI is InChI=1S/C18H19N5O2/c1-2-4-16-15(3-1)19-20-23(16)12-21-7-9-22(10-8-21)14-5-6-17-18(11-14)25-13-24-17/h1-6,11H,7-10,12-13H2/p+1. The molecule has 128 valence electrons. The SMILES string of the molecule is c1ccc2c(c1)nnn2C[NH+]1CCN(c2ccc3c(c2)OCO3)CC1. The predicted octanol–water partition coefficient (Wildman–Crippen LogP) is 0.523. The maximum Gasteiger partial charge on any atom is 0.231 e. The number of piperazine rings is 1. The number of quaternary nitrogens is 1. The van der Waals surface area contributed by atoms with Gasteiger partial charge in [-0.25, -0.2) is 0 Å². The average Bonchev–Trinajstić information content (AvgIpc) is 3.29. The van der Waals surface area contributed by atoms with Crippen LogP contribution in [0.25, 0.3) is 11.0 Å². The fraction of sp³-hybridized carbons (Fsp3) is 0.333. The Bertz CT molecular complexity index is 901. The lowest BCUT2D eigenvalue weighted by atomic mass is 10.2. The van der Waals surface area contributed by atoms with E-state index in [4.69, 9.17) is 9.47 Å². The summed E-state index contributed by atoms with van der Waals surface area (Å²) in [5.41, 5.74) is 3.27. The Hall–Kier alpha value is -2.80. The van der Waals surface area contributed by atoms with Crippen LogP contribution in [0, 0.1) is 0 Å². The van der Waals surface area contributed by atoms with Gasteiger partial charge in [-0.15, -0.1) is 5.10 Å². The molecule has 0 amide bonds. The molecule has 3 heterocycles. The summed E-state index contributed by atoms with van der Waals surface area (Å²) < 4.78 is 12.9. The molecule has 1 aromatic heterocycles. The first-order valence-corrected chi connectivity index (χ1v) is 8.63. The predicted molar refractivity (Wildman–Crippen MR) is 93.0 cm³/mol. The van der Waals surface area contributed by atoms with Crippen molar-refractivity contribution < 1.29 is 14.4 Å². The van der Waals surface area contributed by atoms with Gasteiger partial charge in [-0.2, -0.15) is 4.68 Å². The van der Waals surface area contributed by atoms with Gasteiger partial charge in [0.2, 0.25) is 6.79 Å². The highest BCUT2D eigenvalue weighted by Crippen LogP contribution is 2.35. The van der Waals surface area contributed by atoms with Crippen LogP contribution in [-0.4, -0.2) is 48.0 Å². The second kappa shape index (κ2) is 5.93. The van der Waals surface area contributed by atoms with E-state index < -0.39 is 0 Å². The number of ether oxygens (including phenoxy) is 2. The molecule has 0 radical (unpaired) electrons. The van der Waals surface area contributed by atoms with Crippen LogP contribution in [0.2, 0.25) is 0 Å². The summed E-state index contributed by atoms with van der Waals surface area (Å²) in [7, 11) is 0. The summed E-state index contributed by atoms with van der Waals surface area (Å²) in [6.07, 6.45) is 0. The third kappa shape index (κ3) is 2.66. The molecule has 0 saturated carbocycles. The highest BCUT2D eigenvalue weighted by molar-refractivity contribution is 5.73. The van der Waals surface area contributed by atoms with Crippen LogP contribution >= 0.6 is 0 Å². The van der Waals surface area contributed by atoms with Crippen molar-refractivity contribution in [1.82, 2.24) is 15.0 Å². The highest BCUT2D eigenvalue weighted by atomic mass is 16.7. The summed E-state index contributed by atoms with van der Waals surface area (Å²) in [4.78, 5) is 3.93. The molecule has 1 N–H and O–H groups in total. The molecule has 0 bridgehead atoms. The van der Waals surface area contributed by atoms with Crippen LogP contribution in [0.3, 0.4) is 0 Å². The van der Waals surface area contributed by atoms with Gasteiger partial charge in [0, 0.05) is 11.8 Å². The molecule has 7 nitrogen and oxygen atoms in total. The molecule has 0 unspecified atom stereocenters. The summed E-state index contributed by atoms with van der Waals surface area (Å²) in [5, 5.41) is 8.55. The number of hydrogen-bond donors (Lipinski definition) is 1. The second-order valence-electron chi connectivity index (χ2n) is 6.51. The molecule has 2 aliphatic rings. The number of fused-ring (bicyclic) bond motifs is 2. The first-order valence-electron chi connectivity index (χ1n) is 8.63. The minimum atomic E-state index is 0.322. The molecule has 0 spiro atoms. The Labute approximate surface area is 145 Å². The molecule has 2 aromatic carbocycles. The Morgan fingerprint density at radius 1 is 1.00 bits per heavy atom. The number of benzene rings is 2. The fourth-order valence-electron chi connectivity index (χ4n) is 3.57. The Kier molecular flexibility index (Phi) is 3.45. The minimum absolute atomic E-state index is 0.322. The van der Waals surface area contributed by atoms with Crippen LogP contribution in [0.1, 0.15) is 0 Å². The third-order valence-electron chi connectivity index (χ3n) is 4.99. The number of anilines is 1. The van der Waals surface area contributed by atoms with Gasteiger partial charge in [0.05, 0.1) is 31.7 Å². The number of aromatic nitrogens is 3. The van der Waals surface area contributed by atoms with E-state index in [0.717, 1.165) is 55.4 Å². The van der Waals surface area contributed by atoms with Gasteiger partial charge in [0.1, 0.15) is 5.52 Å². The number of nitrogens with zero attached hydrogens (tertiary/aromatic N) is 4. The van der Waals surface area contributed by atoms with Gasteiger partial charge in [-0.1, -0.05) is 17.3 Å². The number of hydrogen-bond acceptors (Lipinski definition) is 5. The lowest BCUT2D eigenvalue weighted by Gasteiger charge is -2.33. The first kappa shape index (κ1) is 14.5. The van der Waals surface area contributed by atoms with Crippen molar-refractivity contribution in [2.75, 3.05) is 37.9 Å². The summed E-state index contributed by atoms with van der Waals surface area (Å²) in [5.74, 6) is 1.69. The van der Waals surface area contributed by atoms with Gasteiger partial charge < -0.3 is 19.3 Å². The van der Waals surface area contributed by atoms with E-state index in [9.17, 15) is 0 Å². The molecular weight excluding hydrogens is 318 g/mol. The average molecular weight is 338 g/mol. The molecule has 25 heavy (non-hydrogen) atoms. The summed E-state index contributed by atoms with van der Waals surface area (Å²) in [6, 6.07) is 14.3. The van der Waals surface area contributed by atoms with Crippen molar-refractivity contribution in [3.63, 3.8) is 0 Å². The van der Waals surface area contributed by atoms with E-state index in [1.165, 1.54) is 10.6 Å². The molecule has 0 aliphatic carbocycles. The number of para-hydroxylation sites is 1. The van der Waals surface area contributed by atoms with Crippen molar-refractivity contribution >= 4 is 16.7 Å². The van der Waals surface area contributed by atoms with E-state index in [1.54, 1.807) is 0 Å². The van der Waals surface area contributed by atoms with Crippen LogP contribution in [0.4, 0.5) is 5.69 Å². The lowest BCUT2D eigenvalue weighted by Crippen LogP contribution is -3.14. The van der Waals surface area contributed by atoms with E-state index in [1.807, 2.05) is 28.9 Å². The van der Waals surface area contributed by atoms with Gasteiger partial charge >= 0.3 is 0 Å². The Balaban J connectivity index is 1.25. The van der Waals surface area contributed by atoms with Crippen LogP contribution < -0.4 is 19.3 Å². The van der Waals surface area contributed by atoms with E-state index in [2.05, 4.69) is 33.4 Å². The van der Waals surface area contributed by atoms with E-state index >= 15 is 0 Å². The number of rotatable bonds is 3. The third-order valence-corrected chi connectivity index (χ3v) is 4.99. The molecule has 5 rings (SSSR count). The van der Waals surface area contributed by atoms with Crippen molar-refractivity contribution in [2.45, 2.75) is 6.67 Å². The zero-order valence-electron chi connectivity index (χ0n) is 13.9. The normalized spacial score (nSPS) is 17.4. The van der Waals surface area contributed by atoms with E-state index in [-0.39, 0.29) is 0 Å². The second-order valence-corrected chi connectivity index (χ2v) is 6.51. The van der Waals surface area contributed by atoms with Gasteiger partial charge in [0.15, 0.2) is 18.2 Å². The van der Waals surface area contributed by atoms with Crippen molar-refractivity contribution in [2.24, 2.45) is 0 Å². The molecule has 1 fully saturated rings. The minimum Gasteiger partial charge on any atom is -0.454 e. The van der Waals surface area contributed by atoms with Crippen molar-refractivity contribution in [1.29, 1.82) is 0 Å². The zero-order valence-corrected chi connectivity index (χ0v) is 13.9. The van der Waals surface area contributed by atoms with Gasteiger partial charge in [0.25, 0.3) is 0 Å². The lowest BCUT2D eigenvalue weighted by molar-refractivity contribution is -0.923. The van der Waals surface area contributed by atoms with Crippen LogP contribution in [0.5, 0.6) is 11.5 Å². The Morgan fingerprint density at radius 3 is 2.76 bits per heavy atom. The molecule has 1 saturated heterocycles. The van der Waals surface area contributed by atoms with Crippen LogP contribution in [-0.2, 0) is 6.67 Å². The maximum atomic E-state index is 5.49. The molecule has 7 heteroatoms. The fourth-order valence-corrected chi connectivity index (χ4v) is 3.57. The van der Waals surface area contributed by atoms with E-state index in [0.29, 0.717) is 6.79 Å². The molecule has 3 aromatic rings. The zero-order chi connectivity index (χ0) is 16.6. The molecular formula is C18H20N5O2+. The summed E-state index contributed by atoms with van der Waals surface area (Å²) >= 11 is 0. The highest BCUT2D eigenvalue weighted by Gasteiger charge is 2.23. The Morgan fingerprint density at radius 2 is 1.84 bits per heavy atom. The maximum absolute atomic E-state index is 5.49. The molecule has 0 atom stereocenters.